The summed E-state index contributed by atoms with van der Waals surface area (Å²) < 4.78 is 50.2. The lowest BCUT2D eigenvalue weighted by Gasteiger charge is -2.17. The fourth-order valence-electron chi connectivity index (χ4n) is 1.72. The summed E-state index contributed by atoms with van der Waals surface area (Å²) in [5.74, 6) is 0. The second-order valence-electron chi connectivity index (χ2n) is 4.06. The van der Waals surface area contributed by atoms with E-state index in [0.717, 1.165) is 6.07 Å². The van der Waals surface area contributed by atoms with Crippen molar-refractivity contribution in [1.29, 1.82) is 0 Å². The highest BCUT2D eigenvalue weighted by Crippen LogP contribution is 2.35. The molecule has 2 atom stereocenters. The Morgan fingerprint density at radius 3 is 2.10 bits per heavy atom. The highest BCUT2D eigenvalue weighted by atomic mass is 32.2. The number of aliphatic hydroxyl groups is 1. The molecule has 0 aromatic heterocycles. The van der Waals surface area contributed by atoms with Gasteiger partial charge in [-0.2, -0.15) is 13.2 Å². The van der Waals surface area contributed by atoms with Gasteiger partial charge in [-0.15, -0.1) is 0 Å². The van der Waals surface area contributed by atoms with E-state index in [4.69, 9.17) is 0 Å². The number of alkyl halides is 3. The van der Waals surface area contributed by atoms with E-state index in [1.54, 1.807) is 30.3 Å². The topological polar surface area (TPSA) is 37.3 Å². The maximum atomic E-state index is 12.6. The van der Waals surface area contributed by atoms with Gasteiger partial charge in [-0.05, 0) is 18.2 Å². The highest BCUT2D eigenvalue weighted by molar-refractivity contribution is 7.85. The molecule has 2 nitrogen and oxygen atoms in total. The Labute approximate surface area is 116 Å². The lowest BCUT2D eigenvalue weighted by atomic mass is 10.1. The van der Waals surface area contributed by atoms with Crippen molar-refractivity contribution in [3.05, 3.63) is 60.2 Å². The van der Waals surface area contributed by atoms with Gasteiger partial charge in [-0.1, -0.05) is 36.4 Å². The second-order valence-corrected chi connectivity index (χ2v) is 5.51. The van der Waals surface area contributed by atoms with Crippen LogP contribution in [-0.4, -0.2) is 15.5 Å². The van der Waals surface area contributed by atoms with E-state index in [9.17, 15) is 22.5 Å². The minimum atomic E-state index is -4.79. The van der Waals surface area contributed by atoms with Crippen LogP contribution in [0.2, 0.25) is 0 Å². The monoisotopic (exact) mass is 300 g/mol. The number of hydrogen-bond donors (Lipinski definition) is 1. The molecule has 0 saturated carbocycles. The van der Waals surface area contributed by atoms with Crippen molar-refractivity contribution in [2.75, 3.05) is 0 Å². The van der Waals surface area contributed by atoms with Gasteiger partial charge in [0.25, 0.3) is 0 Å². The van der Waals surface area contributed by atoms with Crippen molar-refractivity contribution in [2.24, 2.45) is 0 Å². The van der Waals surface area contributed by atoms with Gasteiger partial charge in [0.2, 0.25) is 0 Å². The smallest absolute Gasteiger partial charge is 0.379 e. The summed E-state index contributed by atoms with van der Waals surface area (Å²) in [7, 11) is -1.77. The molecular formula is C14H11F3O2S. The Balaban J connectivity index is 2.46. The summed E-state index contributed by atoms with van der Waals surface area (Å²) in [6.07, 6.45) is -7.44. The molecule has 6 heteroatoms. The number of benzene rings is 2. The summed E-state index contributed by atoms with van der Waals surface area (Å²) in [4.78, 5) is 0.345. The van der Waals surface area contributed by atoms with E-state index < -0.39 is 23.1 Å². The maximum absolute atomic E-state index is 12.6. The zero-order valence-electron chi connectivity index (χ0n) is 10.2. The van der Waals surface area contributed by atoms with Crippen molar-refractivity contribution < 1.29 is 22.5 Å². The van der Waals surface area contributed by atoms with Crippen LogP contribution in [0.15, 0.2) is 64.4 Å². The lowest BCUT2D eigenvalue weighted by molar-refractivity contribution is -0.207. The predicted octanol–water partition coefficient (Wildman–Crippen LogP) is 3.45. The first kappa shape index (κ1) is 14.7. The van der Waals surface area contributed by atoms with E-state index in [1.807, 2.05) is 0 Å². The Kier molecular flexibility index (Phi) is 4.25. The van der Waals surface area contributed by atoms with Gasteiger partial charge < -0.3 is 5.11 Å². The first-order valence-electron chi connectivity index (χ1n) is 5.72. The zero-order chi connectivity index (χ0) is 14.8. The van der Waals surface area contributed by atoms with Gasteiger partial charge in [-0.3, -0.25) is 0 Å². The SMILES string of the molecule is O=S(c1ccccc1)c1ccccc1C(O)C(F)(F)F. The fourth-order valence-corrected chi connectivity index (χ4v) is 2.98. The van der Waals surface area contributed by atoms with Crippen LogP contribution in [0.5, 0.6) is 0 Å². The van der Waals surface area contributed by atoms with Crippen molar-refractivity contribution in [2.45, 2.75) is 22.1 Å². The highest BCUT2D eigenvalue weighted by Gasteiger charge is 2.41. The molecule has 0 fully saturated rings. The average Bonchev–Trinajstić information content (AvgIpc) is 2.45. The Bertz CT molecular complexity index is 611. The Hall–Kier alpha value is -1.66. The summed E-state index contributed by atoms with van der Waals surface area (Å²) in [6.45, 7) is 0. The Morgan fingerprint density at radius 1 is 0.950 bits per heavy atom. The van der Waals surface area contributed by atoms with Crippen LogP contribution < -0.4 is 0 Å². The zero-order valence-corrected chi connectivity index (χ0v) is 11.0. The molecule has 0 aliphatic rings. The van der Waals surface area contributed by atoms with E-state index in [2.05, 4.69) is 0 Å². The molecule has 1 N–H and O–H groups in total. The number of rotatable bonds is 3. The summed E-state index contributed by atoms with van der Waals surface area (Å²) in [5.41, 5.74) is -0.387. The van der Waals surface area contributed by atoms with Crippen LogP contribution in [0, 0.1) is 0 Å². The normalized spacial score (nSPS) is 14.8. The summed E-state index contributed by atoms with van der Waals surface area (Å²) in [5, 5.41) is 9.37. The van der Waals surface area contributed by atoms with Gasteiger partial charge in [-0.25, -0.2) is 4.21 Å². The van der Waals surface area contributed by atoms with Crippen molar-refractivity contribution >= 4 is 10.8 Å². The van der Waals surface area contributed by atoms with E-state index in [-0.39, 0.29) is 10.5 Å². The van der Waals surface area contributed by atoms with Crippen LogP contribution in [0.25, 0.3) is 0 Å². The minimum absolute atomic E-state index is 0.0384. The molecule has 0 amide bonds. The molecule has 2 aromatic rings. The van der Waals surface area contributed by atoms with Crippen LogP contribution >= 0.6 is 0 Å². The quantitative estimate of drug-likeness (QED) is 0.942. The lowest BCUT2D eigenvalue weighted by Crippen LogP contribution is -2.21. The summed E-state index contributed by atoms with van der Waals surface area (Å²) in [6, 6.07) is 13.5. The van der Waals surface area contributed by atoms with Crippen LogP contribution in [0.1, 0.15) is 11.7 Å². The maximum Gasteiger partial charge on any atom is 0.418 e. The molecule has 2 rings (SSSR count). The molecule has 20 heavy (non-hydrogen) atoms. The van der Waals surface area contributed by atoms with Crippen molar-refractivity contribution in [1.82, 2.24) is 0 Å². The number of hydrogen-bond acceptors (Lipinski definition) is 2. The van der Waals surface area contributed by atoms with Crippen LogP contribution in [0.3, 0.4) is 0 Å². The van der Waals surface area contributed by atoms with Crippen LogP contribution in [-0.2, 0) is 10.8 Å². The molecule has 106 valence electrons. The molecule has 0 radical (unpaired) electrons. The van der Waals surface area contributed by atoms with E-state index in [1.165, 1.54) is 18.2 Å². The van der Waals surface area contributed by atoms with Crippen molar-refractivity contribution in [3.8, 4) is 0 Å². The third kappa shape index (κ3) is 3.08. The third-order valence-electron chi connectivity index (χ3n) is 2.68. The summed E-state index contributed by atoms with van der Waals surface area (Å²) >= 11 is 0. The molecule has 2 aromatic carbocycles. The van der Waals surface area contributed by atoms with Gasteiger partial charge in [0, 0.05) is 15.4 Å². The molecule has 0 aliphatic carbocycles. The molecular weight excluding hydrogens is 289 g/mol. The van der Waals surface area contributed by atoms with Crippen molar-refractivity contribution in [3.63, 3.8) is 0 Å². The first-order valence-corrected chi connectivity index (χ1v) is 6.87. The number of halogens is 3. The average molecular weight is 300 g/mol. The van der Waals surface area contributed by atoms with Gasteiger partial charge in [0.15, 0.2) is 6.10 Å². The standard InChI is InChI=1S/C14H11F3O2S/c15-14(16,17)13(18)11-8-4-5-9-12(11)20(19)10-6-2-1-3-7-10/h1-9,13,18H. The van der Waals surface area contributed by atoms with Gasteiger partial charge >= 0.3 is 6.18 Å². The largest absolute Gasteiger partial charge is 0.418 e. The van der Waals surface area contributed by atoms with Crippen LogP contribution in [0.4, 0.5) is 13.2 Å². The predicted molar refractivity (Wildman–Crippen MR) is 68.6 cm³/mol. The number of aliphatic hydroxyl groups excluding tert-OH is 1. The fraction of sp³-hybridized carbons (Fsp3) is 0.143. The molecule has 0 bridgehead atoms. The van der Waals surface area contributed by atoms with E-state index in [0.29, 0.717) is 4.90 Å². The molecule has 0 heterocycles. The minimum Gasteiger partial charge on any atom is -0.379 e. The molecule has 2 unspecified atom stereocenters. The van der Waals surface area contributed by atoms with Gasteiger partial charge in [0.05, 0.1) is 10.8 Å². The first-order chi connectivity index (χ1) is 9.41. The van der Waals surface area contributed by atoms with Gasteiger partial charge in [0.1, 0.15) is 0 Å². The second kappa shape index (κ2) is 5.76. The Morgan fingerprint density at radius 2 is 1.50 bits per heavy atom. The molecule has 0 aliphatic heterocycles. The van der Waals surface area contributed by atoms with E-state index >= 15 is 0 Å². The third-order valence-corrected chi connectivity index (χ3v) is 4.15. The molecule has 0 spiro atoms. The molecule has 0 saturated heterocycles.